The molecule has 2 rings (SSSR count). The van der Waals surface area contributed by atoms with E-state index in [0.717, 1.165) is 0 Å². The van der Waals surface area contributed by atoms with Crippen LogP contribution < -0.4 is 5.32 Å². The van der Waals surface area contributed by atoms with Gasteiger partial charge < -0.3 is 15.5 Å². The number of hydrogen-bond acceptors (Lipinski definition) is 3. The number of rotatable bonds is 5. The molecule has 1 aromatic carbocycles. The number of carboxylic acids is 2. The average Bonchev–Trinajstić information content (AvgIpc) is 2.58. The quantitative estimate of drug-likeness (QED) is 0.697. The van der Waals surface area contributed by atoms with Gasteiger partial charge in [-0.05, 0) is 31.4 Å². The molecule has 0 amide bonds. The van der Waals surface area contributed by atoms with E-state index >= 15 is 0 Å². The Bertz CT molecular complexity index is 759. The Morgan fingerprint density at radius 2 is 1.89 bits per heavy atom. The molecular weight excluding hydrogens is 380 g/mol. The van der Waals surface area contributed by atoms with Gasteiger partial charge in [-0.3, -0.25) is 9.59 Å². The molecule has 0 saturated carbocycles. The van der Waals surface area contributed by atoms with Gasteiger partial charge in [-0.2, -0.15) is 0 Å². The molecule has 0 bridgehead atoms. The molecule has 1 aliphatic rings. The maximum Gasteiger partial charge on any atom is 0.312 e. The molecule has 3 N–H and O–H groups in total. The van der Waals surface area contributed by atoms with Gasteiger partial charge in [0, 0.05) is 12.0 Å². The summed E-state index contributed by atoms with van der Waals surface area (Å²) in [7, 11) is 0. The van der Waals surface area contributed by atoms with Crippen LogP contribution in [0, 0.1) is 22.6 Å². The van der Waals surface area contributed by atoms with E-state index in [2.05, 4.69) is 5.32 Å². The topological polar surface area (TPSA) is 86.6 Å². The van der Waals surface area contributed by atoms with Crippen molar-refractivity contribution in [3.63, 3.8) is 0 Å². The zero-order chi connectivity index (χ0) is 20.7. The lowest BCUT2D eigenvalue weighted by Crippen LogP contribution is -2.71. The number of benzene rings is 1. The molecular formula is C19H24ClF2NO4. The van der Waals surface area contributed by atoms with Crippen molar-refractivity contribution in [2.75, 3.05) is 6.67 Å². The minimum absolute atomic E-state index is 0.129. The smallest absolute Gasteiger partial charge is 0.312 e. The third-order valence-electron chi connectivity index (χ3n) is 6.20. The third kappa shape index (κ3) is 2.91. The fraction of sp³-hybridized carbons (Fsp3) is 0.579. The SMILES string of the molecule is CC(C)C1(C(=O)O)C(C)NC(CF)C(C)(C(=O)O)C1c1cccc(Cl)c1F. The fourth-order valence-electron chi connectivity index (χ4n) is 4.75. The minimum atomic E-state index is -1.92. The normalized spacial score (nSPS) is 33.9. The van der Waals surface area contributed by atoms with Crippen molar-refractivity contribution < 1.29 is 28.6 Å². The number of halogens is 3. The van der Waals surface area contributed by atoms with Crippen molar-refractivity contribution in [1.29, 1.82) is 0 Å². The minimum Gasteiger partial charge on any atom is -0.481 e. The van der Waals surface area contributed by atoms with Gasteiger partial charge in [0.05, 0.1) is 21.9 Å². The second kappa shape index (κ2) is 7.36. The Labute approximate surface area is 161 Å². The van der Waals surface area contributed by atoms with Gasteiger partial charge in [0.15, 0.2) is 0 Å². The van der Waals surface area contributed by atoms with Crippen LogP contribution in [0.4, 0.5) is 8.78 Å². The van der Waals surface area contributed by atoms with Gasteiger partial charge in [0.1, 0.15) is 12.5 Å². The molecule has 1 fully saturated rings. The Morgan fingerprint density at radius 3 is 2.33 bits per heavy atom. The average molecular weight is 404 g/mol. The van der Waals surface area contributed by atoms with Crippen molar-refractivity contribution in [2.45, 2.75) is 45.7 Å². The van der Waals surface area contributed by atoms with E-state index in [-0.39, 0.29) is 10.6 Å². The van der Waals surface area contributed by atoms with Crippen molar-refractivity contribution >= 4 is 23.5 Å². The number of carbonyl (C=O) groups is 2. The summed E-state index contributed by atoms with van der Waals surface area (Å²) in [6.07, 6.45) is 0. The van der Waals surface area contributed by atoms with Crippen LogP contribution in [-0.2, 0) is 9.59 Å². The van der Waals surface area contributed by atoms with Crippen LogP contribution in [0.1, 0.15) is 39.2 Å². The standard InChI is InChI=1S/C19H24ClF2NO4/c1-9(2)19(17(26)27)10(3)23-13(8-21)18(4,16(24)25)15(19)11-6-5-7-12(20)14(11)22/h5-7,9-10,13,15,23H,8H2,1-4H3,(H,24,25)(H,26,27). The third-order valence-corrected chi connectivity index (χ3v) is 6.49. The zero-order valence-electron chi connectivity index (χ0n) is 15.6. The summed E-state index contributed by atoms with van der Waals surface area (Å²) in [5, 5.41) is 22.8. The lowest BCUT2D eigenvalue weighted by Gasteiger charge is -2.57. The highest BCUT2D eigenvalue weighted by molar-refractivity contribution is 6.30. The first kappa shape index (κ1) is 21.6. The second-order valence-electron chi connectivity index (χ2n) is 7.65. The molecule has 1 aliphatic heterocycles. The molecule has 150 valence electrons. The molecule has 8 heteroatoms. The van der Waals surface area contributed by atoms with Crippen LogP contribution >= 0.6 is 11.6 Å². The van der Waals surface area contributed by atoms with E-state index in [1.54, 1.807) is 20.8 Å². The van der Waals surface area contributed by atoms with Crippen molar-refractivity contribution in [3.8, 4) is 0 Å². The predicted molar refractivity (Wildman–Crippen MR) is 97.2 cm³/mol. The van der Waals surface area contributed by atoms with Gasteiger partial charge in [-0.1, -0.05) is 37.6 Å². The molecule has 5 atom stereocenters. The second-order valence-corrected chi connectivity index (χ2v) is 8.06. The molecule has 5 nitrogen and oxygen atoms in total. The lowest BCUT2D eigenvalue weighted by atomic mass is 9.49. The summed E-state index contributed by atoms with van der Waals surface area (Å²) in [6, 6.07) is 2.06. The van der Waals surface area contributed by atoms with Crippen LogP contribution in [0.2, 0.25) is 5.02 Å². The van der Waals surface area contributed by atoms with Gasteiger partial charge in [0.2, 0.25) is 0 Å². The monoisotopic (exact) mass is 403 g/mol. The van der Waals surface area contributed by atoms with Crippen LogP contribution in [-0.4, -0.2) is 40.9 Å². The molecule has 5 unspecified atom stereocenters. The Kier molecular flexibility index (Phi) is 5.88. The summed E-state index contributed by atoms with van der Waals surface area (Å²) in [5.74, 6) is -5.49. The largest absolute Gasteiger partial charge is 0.481 e. The molecule has 1 aromatic rings. The highest BCUT2D eigenvalue weighted by atomic mass is 35.5. The first-order chi connectivity index (χ1) is 12.5. The van der Waals surface area contributed by atoms with Gasteiger partial charge in [-0.25, -0.2) is 8.78 Å². The first-order valence-electron chi connectivity index (χ1n) is 8.69. The van der Waals surface area contributed by atoms with E-state index in [0.29, 0.717) is 0 Å². The molecule has 0 aromatic heterocycles. The van der Waals surface area contributed by atoms with Crippen LogP contribution in [0.25, 0.3) is 0 Å². The van der Waals surface area contributed by atoms with Crippen molar-refractivity contribution in [2.24, 2.45) is 16.7 Å². The molecule has 1 heterocycles. The van der Waals surface area contributed by atoms with Gasteiger partial charge in [0.25, 0.3) is 0 Å². The van der Waals surface area contributed by atoms with Crippen LogP contribution in [0.15, 0.2) is 18.2 Å². The lowest BCUT2D eigenvalue weighted by molar-refractivity contribution is -0.176. The molecule has 0 aliphatic carbocycles. The summed E-state index contributed by atoms with van der Waals surface area (Å²) < 4.78 is 28.8. The summed E-state index contributed by atoms with van der Waals surface area (Å²) >= 11 is 5.91. The molecule has 0 spiro atoms. The highest BCUT2D eigenvalue weighted by Gasteiger charge is 2.67. The number of alkyl halides is 1. The maximum atomic E-state index is 15.0. The maximum absolute atomic E-state index is 15.0. The number of nitrogens with one attached hydrogen (secondary N) is 1. The first-order valence-corrected chi connectivity index (χ1v) is 9.07. The van der Waals surface area contributed by atoms with E-state index in [1.807, 2.05) is 0 Å². The number of aliphatic carboxylic acids is 2. The van der Waals surface area contributed by atoms with E-state index in [1.165, 1.54) is 25.1 Å². The molecule has 1 saturated heterocycles. The molecule has 0 radical (unpaired) electrons. The number of piperidine rings is 1. The fourth-order valence-corrected chi connectivity index (χ4v) is 4.93. The van der Waals surface area contributed by atoms with Crippen molar-refractivity contribution in [1.82, 2.24) is 5.32 Å². The Hall–Kier alpha value is -1.73. The van der Waals surface area contributed by atoms with E-state index in [9.17, 15) is 28.6 Å². The summed E-state index contributed by atoms with van der Waals surface area (Å²) in [4.78, 5) is 24.8. The zero-order valence-corrected chi connectivity index (χ0v) is 16.3. The number of hydrogen-bond donors (Lipinski definition) is 3. The van der Waals surface area contributed by atoms with Crippen LogP contribution in [0.3, 0.4) is 0 Å². The van der Waals surface area contributed by atoms with Crippen molar-refractivity contribution in [3.05, 3.63) is 34.6 Å². The summed E-state index contributed by atoms with van der Waals surface area (Å²) in [5.41, 5.74) is -3.75. The van der Waals surface area contributed by atoms with Gasteiger partial charge in [-0.15, -0.1) is 0 Å². The Morgan fingerprint density at radius 1 is 1.30 bits per heavy atom. The summed E-state index contributed by atoms with van der Waals surface area (Å²) in [6.45, 7) is 5.07. The van der Waals surface area contributed by atoms with E-state index < -0.39 is 59.2 Å². The number of carboxylic acid groups (broad SMARTS) is 2. The van der Waals surface area contributed by atoms with Gasteiger partial charge >= 0.3 is 11.9 Å². The predicted octanol–water partition coefficient (Wildman–Crippen LogP) is 3.71. The highest BCUT2D eigenvalue weighted by Crippen LogP contribution is 2.59. The molecule has 27 heavy (non-hydrogen) atoms. The Balaban J connectivity index is 2.97. The van der Waals surface area contributed by atoms with Crippen LogP contribution in [0.5, 0.6) is 0 Å². The van der Waals surface area contributed by atoms with E-state index in [4.69, 9.17) is 11.6 Å².